The molecular weight excluding hydrogens is 560 g/mol. The van der Waals surface area contributed by atoms with Crippen LogP contribution in [0.4, 0.5) is 19.6 Å². The molecule has 0 unspecified atom stereocenters. The number of aromatic nitrogens is 6. The summed E-state index contributed by atoms with van der Waals surface area (Å²) < 4.78 is 34.9. The Labute approximate surface area is 246 Å². The van der Waals surface area contributed by atoms with Crippen molar-refractivity contribution in [1.82, 2.24) is 38.7 Å². The van der Waals surface area contributed by atoms with Crippen LogP contribution in [0.3, 0.4) is 0 Å². The Hall–Kier alpha value is -4.23. The zero-order chi connectivity index (χ0) is 29.6. The van der Waals surface area contributed by atoms with Crippen LogP contribution in [-0.4, -0.2) is 52.4 Å². The fraction of sp³-hybridized carbons (Fsp3) is 0.345. The van der Waals surface area contributed by atoms with Gasteiger partial charge in [-0.15, -0.1) is 0 Å². The van der Waals surface area contributed by atoms with E-state index in [9.17, 15) is 13.6 Å². The van der Waals surface area contributed by atoms with E-state index in [-0.39, 0.29) is 19.0 Å². The fourth-order valence-corrected chi connectivity index (χ4v) is 5.28. The Morgan fingerprint density at radius 2 is 1.90 bits per heavy atom. The fourth-order valence-electron chi connectivity index (χ4n) is 4.63. The first-order chi connectivity index (χ1) is 20.3. The molecule has 0 aliphatic heterocycles. The van der Waals surface area contributed by atoms with Gasteiger partial charge < -0.3 is 10.6 Å². The van der Waals surface area contributed by atoms with Gasteiger partial charge in [0.05, 0.1) is 29.5 Å². The molecular formula is C29H33F2N9OS. The predicted molar refractivity (Wildman–Crippen MR) is 158 cm³/mol. The molecule has 5 aromatic rings. The summed E-state index contributed by atoms with van der Waals surface area (Å²) in [6.07, 6.45) is 9.39. The second kappa shape index (κ2) is 13.2. The SMILES string of the molecule is CCCCN(CC)Cc1cc(Nc2nc(C)cn3c(-c4cnn(CC(=O)NCc5cc(F)cc(F)c5)c4)cnc23)sn1. The lowest BCUT2D eigenvalue weighted by Gasteiger charge is -2.18. The number of benzene rings is 1. The molecule has 0 aliphatic carbocycles. The topological polar surface area (TPSA) is 105 Å². The first-order valence-electron chi connectivity index (χ1n) is 13.9. The summed E-state index contributed by atoms with van der Waals surface area (Å²) in [7, 11) is 0. The second-order valence-electron chi connectivity index (χ2n) is 10.1. The molecule has 2 N–H and O–H groups in total. The predicted octanol–water partition coefficient (Wildman–Crippen LogP) is 5.32. The number of nitrogens with one attached hydrogen (secondary N) is 2. The first kappa shape index (κ1) is 29.3. The number of aryl methyl sites for hydroxylation is 1. The number of nitrogens with zero attached hydrogens (tertiary/aromatic N) is 7. The third-order valence-corrected chi connectivity index (χ3v) is 7.46. The van der Waals surface area contributed by atoms with Crippen molar-refractivity contribution in [2.75, 3.05) is 18.4 Å². The van der Waals surface area contributed by atoms with Crippen molar-refractivity contribution in [1.29, 1.82) is 0 Å². The molecule has 4 heterocycles. The highest BCUT2D eigenvalue weighted by atomic mass is 32.1. The standard InChI is InChI=1S/C29H33F2N9OS/c1-4-6-7-38(5-2)17-24-11-27(42-37-24)36-28-29-33-14-25(40(29)15-19(3)35-28)21-13-34-39(16-21)18-26(41)32-12-20-8-22(30)10-23(31)9-20/h8-11,13-16H,4-7,12,17-18H2,1-3H3,(H,32,41)(H,35,36). The molecule has 0 radical (unpaired) electrons. The van der Waals surface area contributed by atoms with Gasteiger partial charge >= 0.3 is 0 Å². The van der Waals surface area contributed by atoms with Gasteiger partial charge in [-0.3, -0.25) is 18.8 Å². The maximum absolute atomic E-state index is 13.4. The summed E-state index contributed by atoms with van der Waals surface area (Å²) in [4.78, 5) is 24.1. The lowest BCUT2D eigenvalue weighted by molar-refractivity contribution is -0.122. The van der Waals surface area contributed by atoms with Gasteiger partial charge in [0, 0.05) is 37.1 Å². The van der Waals surface area contributed by atoms with Crippen LogP contribution in [0.15, 0.2) is 49.1 Å². The van der Waals surface area contributed by atoms with E-state index in [4.69, 9.17) is 0 Å². The minimum Gasteiger partial charge on any atom is -0.350 e. The molecule has 0 saturated heterocycles. The third kappa shape index (κ3) is 7.15. The van der Waals surface area contributed by atoms with Crippen molar-refractivity contribution in [3.8, 4) is 11.3 Å². The summed E-state index contributed by atoms with van der Waals surface area (Å²) in [5, 5.41) is 11.3. The summed E-state index contributed by atoms with van der Waals surface area (Å²) in [5.41, 5.74) is 4.37. The molecule has 0 atom stereocenters. The van der Waals surface area contributed by atoms with E-state index in [1.165, 1.54) is 41.2 Å². The molecule has 5 rings (SSSR count). The normalized spacial score (nSPS) is 11.5. The van der Waals surface area contributed by atoms with Gasteiger partial charge in [0.15, 0.2) is 11.5 Å². The summed E-state index contributed by atoms with van der Waals surface area (Å²) in [5.74, 6) is -1.10. The van der Waals surface area contributed by atoms with Gasteiger partial charge in [-0.2, -0.15) is 9.47 Å². The molecule has 0 saturated carbocycles. The number of amides is 1. The number of rotatable bonds is 13. The van der Waals surface area contributed by atoms with Crippen LogP contribution in [0.5, 0.6) is 0 Å². The minimum atomic E-state index is -0.689. The lowest BCUT2D eigenvalue weighted by atomic mass is 10.2. The maximum atomic E-state index is 13.4. The van der Waals surface area contributed by atoms with E-state index in [1.54, 1.807) is 18.6 Å². The molecule has 0 fully saturated rings. The number of carbonyl (C=O) groups excluding carboxylic acids is 1. The minimum absolute atomic E-state index is 0.00786. The lowest BCUT2D eigenvalue weighted by Crippen LogP contribution is -2.27. The smallest absolute Gasteiger partial charge is 0.241 e. The largest absolute Gasteiger partial charge is 0.350 e. The summed E-state index contributed by atoms with van der Waals surface area (Å²) in [6.45, 7) is 9.08. The molecule has 0 spiro atoms. The van der Waals surface area contributed by atoms with Crippen LogP contribution in [0, 0.1) is 18.6 Å². The van der Waals surface area contributed by atoms with E-state index in [1.807, 2.05) is 17.5 Å². The number of anilines is 2. The maximum Gasteiger partial charge on any atom is 0.241 e. The van der Waals surface area contributed by atoms with Crippen molar-refractivity contribution in [3.63, 3.8) is 0 Å². The van der Waals surface area contributed by atoms with Crippen molar-refractivity contribution in [2.24, 2.45) is 0 Å². The van der Waals surface area contributed by atoms with Crippen LogP contribution in [0.1, 0.15) is 43.6 Å². The highest BCUT2D eigenvalue weighted by Crippen LogP contribution is 2.28. The Balaban J connectivity index is 1.27. The molecule has 1 aromatic carbocycles. The zero-order valence-electron chi connectivity index (χ0n) is 23.8. The van der Waals surface area contributed by atoms with Gasteiger partial charge in [0.2, 0.25) is 5.91 Å². The number of hydrogen-bond acceptors (Lipinski definition) is 8. The number of unbranched alkanes of at least 4 members (excludes halogenated alkanes) is 1. The van der Waals surface area contributed by atoms with Gasteiger partial charge in [0.1, 0.15) is 23.2 Å². The molecule has 42 heavy (non-hydrogen) atoms. The van der Waals surface area contributed by atoms with Crippen LogP contribution in [-0.2, 0) is 24.4 Å². The average molecular weight is 594 g/mol. The van der Waals surface area contributed by atoms with Crippen molar-refractivity contribution >= 4 is 33.9 Å². The molecule has 0 bridgehead atoms. The quantitative estimate of drug-likeness (QED) is 0.190. The Kier molecular flexibility index (Phi) is 9.18. The van der Waals surface area contributed by atoms with E-state index in [2.05, 4.69) is 54.9 Å². The van der Waals surface area contributed by atoms with Crippen molar-refractivity contribution in [2.45, 2.75) is 53.2 Å². The average Bonchev–Trinajstić information content (AvgIpc) is 3.69. The molecule has 1 amide bonds. The van der Waals surface area contributed by atoms with Gasteiger partial charge in [-0.05, 0) is 61.7 Å². The number of imidazole rings is 1. The van der Waals surface area contributed by atoms with Crippen LogP contribution in [0.2, 0.25) is 0 Å². The van der Waals surface area contributed by atoms with E-state index < -0.39 is 11.6 Å². The van der Waals surface area contributed by atoms with Gasteiger partial charge in [-0.1, -0.05) is 20.3 Å². The summed E-state index contributed by atoms with van der Waals surface area (Å²) >= 11 is 1.40. The van der Waals surface area contributed by atoms with E-state index >= 15 is 0 Å². The van der Waals surface area contributed by atoms with Crippen LogP contribution in [0.25, 0.3) is 16.9 Å². The van der Waals surface area contributed by atoms with E-state index in [0.29, 0.717) is 17.0 Å². The Morgan fingerprint density at radius 1 is 1.10 bits per heavy atom. The molecule has 4 aromatic heterocycles. The molecule has 13 heteroatoms. The first-order valence-corrected chi connectivity index (χ1v) is 14.6. The van der Waals surface area contributed by atoms with Crippen LogP contribution >= 0.6 is 11.5 Å². The molecule has 10 nitrogen and oxygen atoms in total. The number of hydrogen-bond donors (Lipinski definition) is 2. The van der Waals surface area contributed by atoms with Crippen molar-refractivity contribution < 1.29 is 13.6 Å². The highest BCUT2D eigenvalue weighted by Gasteiger charge is 2.16. The molecule has 220 valence electrons. The number of halogens is 2. The summed E-state index contributed by atoms with van der Waals surface area (Å²) in [6, 6.07) is 5.22. The van der Waals surface area contributed by atoms with Gasteiger partial charge in [-0.25, -0.2) is 18.7 Å². The third-order valence-electron chi connectivity index (χ3n) is 6.72. The van der Waals surface area contributed by atoms with Gasteiger partial charge in [0.25, 0.3) is 0 Å². The molecule has 0 aliphatic rings. The Bertz CT molecular complexity index is 1660. The highest BCUT2D eigenvalue weighted by molar-refractivity contribution is 7.10. The number of fused-ring (bicyclic) bond motifs is 1. The monoisotopic (exact) mass is 593 g/mol. The van der Waals surface area contributed by atoms with Crippen LogP contribution < -0.4 is 10.6 Å². The van der Waals surface area contributed by atoms with Crippen molar-refractivity contribution in [3.05, 3.63) is 77.6 Å². The zero-order valence-corrected chi connectivity index (χ0v) is 24.6. The second-order valence-corrected chi connectivity index (χ2v) is 10.9. The Morgan fingerprint density at radius 3 is 2.67 bits per heavy atom. The van der Waals surface area contributed by atoms with E-state index in [0.717, 1.165) is 53.3 Å². The number of carbonyl (C=O) groups is 1.